The van der Waals surface area contributed by atoms with Gasteiger partial charge in [-0.3, -0.25) is 4.79 Å². The molecule has 3 rings (SSSR count). The summed E-state index contributed by atoms with van der Waals surface area (Å²) in [6.07, 6.45) is 0. The molecule has 1 N–H and O–H groups in total. The topological polar surface area (TPSA) is 55.1 Å². The van der Waals surface area contributed by atoms with Gasteiger partial charge in [-0.1, -0.05) is 31.5 Å². The lowest BCUT2D eigenvalue weighted by atomic mass is 10.2. The standard InChI is InChI=1S/C17H15ClN2O2/c1-10(2)17-20-14-7-6-11(8-15(14)22-17)16(21)19-13-5-3-4-12(18)9-13/h3-10H,1-2H3,(H,19,21). The number of carbonyl (C=O) groups is 1. The lowest BCUT2D eigenvalue weighted by Gasteiger charge is -2.05. The molecule has 0 radical (unpaired) electrons. The van der Waals surface area contributed by atoms with Crippen LogP contribution < -0.4 is 5.32 Å². The second kappa shape index (κ2) is 5.81. The Morgan fingerprint density at radius 2 is 2.05 bits per heavy atom. The van der Waals surface area contributed by atoms with Gasteiger partial charge in [0.15, 0.2) is 11.5 Å². The maximum absolute atomic E-state index is 12.3. The van der Waals surface area contributed by atoms with Gasteiger partial charge in [-0.05, 0) is 36.4 Å². The summed E-state index contributed by atoms with van der Waals surface area (Å²) in [5, 5.41) is 3.38. The predicted molar refractivity (Wildman–Crippen MR) is 87.5 cm³/mol. The lowest BCUT2D eigenvalue weighted by Crippen LogP contribution is -2.11. The van der Waals surface area contributed by atoms with Crippen LogP contribution in [0.5, 0.6) is 0 Å². The van der Waals surface area contributed by atoms with Crippen molar-refractivity contribution in [1.82, 2.24) is 4.98 Å². The summed E-state index contributed by atoms with van der Waals surface area (Å²) in [4.78, 5) is 16.7. The van der Waals surface area contributed by atoms with Crippen molar-refractivity contribution in [3.8, 4) is 0 Å². The van der Waals surface area contributed by atoms with E-state index in [4.69, 9.17) is 16.0 Å². The fourth-order valence-corrected chi connectivity index (χ4v) is 2.29. The highest BCUT2D eigenvalue weighted by Crippen LogP contribution is 2.23. The third-order valence-corrected chi connectivity index (χ3v) is 3.48. The van der Waals surface area contributed by atoms with Crippen LogP contribution in [0.15, 0.2) is 46.9 Å². The van der Waals surface area contributed by atoms with Gasteiger partial charge >= 0.3 is 0 Å². The van der Waals surface area contributed by atoms with Gasteiger partial charge in [0.2, 0.25) is 0 Å². The van der Waals surface area contributed by atoms with Gasteiger partial charge in [0.05, 0.1) is 0 Å². The van der Waals surface area contributed by atoms with Crippen molar-refractivity contribution in [3.63, 3.8) is 0 Å². The van der Waals surface area contributed by atoms with E-state index in [0.29, 0.717) is 27.7 Å². The van der Waals surface area contributed by atoms with Crippen LogP contribution in [0.3, 0.4) is 0 Å². The summed E-state index contributed by atoms with van der Waals surface area (Å²) in [6, 6.07) is 12.2. The third kappa shape index (κ3) is 2.97. The van der Waals surface area contributed by atoms with E-state index in [1.807, 2.05) is 13.8 Å². The molecule has 0 saturated carbocycles. The van der Waals surface area contributed by atoms with Gasteiger partial charge in [0.1, 0.15) is 5.52 Å². The van der Waals surface area contributed by atoms with Crippen LogP contribution in [0.4, 0.5) is 5.69 Å². The number of fused-ring (bicyclic) bond motifs is 1. The van der Waals surface area contributed by atoms with E-state index < -0.39 is 0 Å². The normalized spacial score (nSPS) is 11.1. The molecule has 0 atom stereocenters. The van der Waals surface area contributed by atoms with Crippen LogP contribution in [-0.4, -0.2) is 10.9 Å². The number of aromatic nitrogens is 1. The minimum absolute atomic E-state index is 0.205. The number of anilines is 1. The maximum atomic E-state index is 12.3. The predicted octanol–water partition coefficient (Wildman–Crippen LogP) is 4.86. The number of benzene rings is 2. The Labute approximate surface area is 133 Å². The van der Waals surface area contributed by atoms with Crippen LogP contribution in [0.25, 0.3) is 11.1 Å². The molecule has 2 aromatic carbocycles. The van der Waals surface area contributed by atoms with Gasteiger partial charge in [0.25, 0.3) is 5.91 Å². The van der Waals surface area contributed by atoms with Crippen LogP contribution in [0.1, 0.15) is 36.0 Å². The second-order valence-electron chi connectivity index (χ2n) is 5.35. The van der Waals surface area contributed by atoms with Crippen LogP contribution in [0.2, 0.25) is 5.02 Å². The zero-order valence-electron chi connectivity index (χ0n) is 12.3. The Bertz CT molecular complexity index is 840. The number of halogens is 1. The quantitative estimate of drug-likeness (QED) is 0.751. The van der Waals surface area contributed by atoms with Crippen molar-refractivity contribution in [2.24, 2.45) is 0 Å². The summed E-state index contributed by atoms with van der Waals surface area (Å²) in [6.45, 7) is 4.02. The van der Waals surface area contributed by atoms with E-state index in [-0.39, 0.29) is 11.8 Å². The van der Waals surface area contributed by atoms with Crippen molar-refractivity contribution >= 4 is 34.3 Å². The first-order valence-electron chi connectivity index (χ1n) is 7.00. The first kappa shape index (κ1) is 14.6. The van der Waals surface area contributed by atoms with E-state index in [9.17, 15) is 4.79 Å². The molecule has 0 spiro atoms. The molecule has 0 fully saturated rings. The Hall–Kier alpha value is -2.33. The van der Waals surface area contributed by atoms with Gasteiger partial charge < -0.3 is 9.73 Å². The summed E-state index contributed by atoms with van der Waals surface area (Å²) in [7, 11) is 0. The number of hydrogen-bond donors (Lipinski definition) is 1. The van der Waals surface area contributed by atoms with Crippen molar-refractivity contribution in [2.75, 3.05) is 5.32 Å². The lowest BCUT2D eigenvalue weighted by molar-refractivity contribution is 0.102. The molecule has 0 unspecified atom stereocenters. The summed E-state index contributed by atoms with van der Waals surface area (Å²) in [5.74, 6) is 0.658. The SMILES string of the molecule is CC(C)c1nc2ccc(C(=O)Nc3cccc(Cl)c3)cc2o1. The van der Waals surface area contributed by atoms with Crippen molar-refractivity contribution in [1.29, 1.82) is 0 Å². The average molecular weight is 315 g/mol. The monoisotopic (exact) mass is 314 g/mol. The molecule has 112 valence electrons. The minimum Gasteiger partial charge on any atom is -0.440 e. The number of rotatable bonds is 3. The van der Waals surface area contributed by atoms with E-state index >= 15 is 0 Å². The van der Waals surface area contributed by atoms with Gasteiger partial charge in [-0.2, -0.15) is 0 Å². The summed E-state index contributed by atoms with van der Waals surface area (Å²) in [5.41, 5.74) is 2.53. The summed E-state index contributed by atoms with van der Waals surface area (Å²) >= 11 is 5.91. The van der Waals surface area contributed by atoms with E-state index in [2.05, 4.69) is 10.3 Å². The number of oxazole rings is 1. The number of amides is 1. The van der Waals surface area contributed by atoms with Crippen LogP contribution in [0, 0.1) is 0 Å². The highest BCUT2D eigenvalue weighted by Gasteiger charge is 2.12. The Balaban J connectivity index is 1.87. The zero-order valence-corrected chi connectivity index (χ0v) is 13.0. The molecule has 1 aromatic heterocycles. The third-order valence-electron chi connectivity index (χ3n) is 3.24. The molecular formula is C17H15ClN2O2. The van der Waals surface area contributed by atoms with E-state index in [1.54, 1.807) is 42.5 Å². The minimum atomic E-state index is -0.216. The van der Waals surface area contributed by atoms with Crippen LogP contribution in [-0.2, 0) is 0 Å². The average Bonchev–Trinajstić information content (AvgIpc) is 2.90. The molecule has 5 heteroatoms. The Kier molecular flexibility index (Phi) is 3.86. The molecule has 1 amide bonds. The first-order chi connectivity index (χ1) is 10.5. The molecule has 0 aliphatic heterocycles. The first-order valence-corrected chi connectivity index (χ1v) is 7.38. The highest BCUT2D eigenvalue weighted by atomic mass is 35.5. The Morgan fingerprint density at radius 1 is 1.23 bits per heavy atom. The van der Waals surface area contributed by atoms with Crippen molar-refractivity contribution < 1.29 is 9.21 Å². The molecule has 1 heterocycles. The molecular weight excluding hydrogens is 300 g/mol. The molecule has 3 aromatic rings. The largest absolute Gasteiger partial charge is 0.440 e. The fraction of sp³-hybridized carbons (Fsp3) is 0.176. The van der Waals surface area contributed by atoms with Crippen molar-refractivity contribution in [3.05, 3.63) is 58.9 Å². The second-order valence-corrected chi connectivity index (χ2v) is 5.79. The van der Waals surface area contributed by atoms with Gasteiger partial charge in [0, 0.05) is 22.2 Å². The smallest absolute Gasteiger partial charge is 0.255 e. The fourth-order valence-electron chi connectivity index (χ4n) is 2.10. The molecule has 0 bridgehead atoms. The van der Waals surface area contributed by atoms with E-state index in [0.717, 1.165) is 5.52 Å². The number of hydrogen-bond acceptors (Lipinski definition) is 3. The molecule has 0 aliphatic carbocycles. The van der Waals surface area contributed by atoms with Crippen LogP contribution >= 0.6 is 11.6 Å². The molecule has 0 aliphatic rings. The molecule has 22 heavy (non-hydrogen) atoms. The number of nitrogens with one attached hydrogen (secondary N) is 1. The molecule has 0 saturated heterocycles. The number of carbonyl (C=O) groups excluding carboxylic acids is 1. The van der Waals surface area contributed by atoms with Gasteiger partial charge in [-0.25, -0.2) is 4.98 Å². The maximum Gasteiger partial charge on any atom is 0.255 e. The zero-order chi connectivity index (χ0) is 15.7. The molecule has 4 nitrogen and oxygen atoms in total. The highest BCUT2D eigenvalue weighted by molar-refractivity contribution is 6.31. The van der Waals surface area contributed by atoms with Gasteiger partial charge in [-0.15, -0.1) is 0 Å². The van der Waals surface area contributed by atoms with Crippen molar-refractivity contribution in [2.45, 2.75) is 19.8 Å². The van der Waals surface area contributed by atoms with E-state index in [1.165, 1.54) is 0 Å². The summed E-state index contributed by atoms with van der Waals surface area (Å²) < 4.78 is 5.68. The Morgan fingerprint density at radius 3 is 2.77 bits per heavy atom. The number of nitrogens with zero attached hydrogens (tertiary/aromatic N) is 1.